The van der Waals surface area contributed by atoms with Crippen LogP contribution in [0.5, 0.6) is 5.75 Å². The fourth-order valence-electron chi connectivity index (χ4n) is 2.12. The molecule has 7 heteroatoms. The molecule has 7 nitrogen and oxygen atoms in total. The van der Waals surface area contributed by atoms with Gasteiger partial charge in [-0.25, -0.2) is 14.8 Å². The van der Waals surface area contributed by atoms with E-state index in [1.807, 2.05) is 6.92 Å². The van der Waals surface area contributed by atoms with E-state index in [1.54, 1.807) is 31.5 Å². The van der Waals surface area contributed by atoms with Crippen LogP contribution in [0.4, 0.5) is 5.82 Å². The highest BCUT2D eigenvalue weighted by Gasteiger charge is 2.10. The molecule has 1 N–H and O–H groups in total. The molecule has 0 fully saturated rings. The summed E-state index contributed by atoms with van der Waals surface area (Å²) in [6, 6.07) is 3.28. The maximum absolute atomic E-state index is 11.8. The standard InChI is InChI=1S/C18H24N4O3.CH4/c1-4-6-8-20-17-16(11-21-13(3)22-17)25-12-15-10-14(7-9-19-15)18(23)24-5-2;/h7,9-11H,4-6,8,12H2,1-3H3,(H,20,21,22);1H4. The third-order valence-electron chi connectivity index (χ3n) is 3.40. The van der Waals surface area contributed by atoms with E-state index in [0.29, 0.717) is 35.3 Å². The molecule has 2 aromatic rings. The van der Waals surface area contributed by atoms with E-state index >= 15 is 0 Å². The zero-order valence-corrected chi connectivity index (χ0v) is 14.9. The third-order valence-corrected chi connectivity index (χ3v) is 3.40. The first kappa shape index (κ1) is 21.3. The van der Waals surface area contributed by atoms with E-state index in [9.17, 15) is 4.79 Å². The van der Waals surface area contributed by atoms with E-state index in [4.69, 9.17) is 9.47 Å². The lowest BCUT2D eigenvalue weighted by Crippen LogP contribution is -2.09. The molecular weight excluding hydrogens is 332 g/mol. The molecule has 0 radical (unpaired) electrons. The normalized spacial score (nSPS) is 9.96. The Balaban J connectivity index is 0.00000338. The van der Waals surface area contributed by atoms with Gasteiger partial charge in [0.05, 0.1) is 24.1 Å². The minimum atomic E-state index is -0.369. The molecule has 0 saturated heterocycles. The van der Waals surface area contributed by atoms with Crippen molar-refractivity contribution in [2.24, 2.45) is 0 Å². The minimum absolute atomic E-state index is 0. The Morgan fingerprint density at radius 2 is 2.08 bits per heavy atom. The Hall–Kier alpha value is -2.70. The van der Waals surface area contributed by atoms with Crippen molar-refractivity contribution in [2.45, 2.75) is 47.6 Å². The first-order valence-corrected chi connectivity index (χ1v) is 8.46. The number of ether oxygens (including phenoxy) is 2. The van der Waals surface area contributed by atoms with Gasteiger partial charge in [0.15, 0.2) is 11.6 Å². The molecule has 142 valence electrons. The molecule has 0 spiro atoms. The maximum Gasteiger partial charge on any atom is 0.338 e. The third kappa shape index (κ3) is 6.31. The lowest BCUT2D eigenvalue weighted by molar-refractivity contribution is 0.0526. The van der Waals surface area contributed by atoms with Crippen LogP contribution in [0.2, 0.25) is 0 Å². The second kappa shape index (κ2) is 11.0. The number of carbonyl (C=O) groups excluding carboxylic acids is 1. The average molecular weight is 360 g/mol. The molecule has 2 aromatic heterocycles. The highest BCUT2D eigenvalue weighted by atomic mass is 16.5. The first-order valence-electron chi connectivity index (χ1n) is 8.46. The van der Waals surface area contributed by atoms with E-state index < -0.39 is 0 Å². The molecule has 2 rings (SSSR count). The number of nitrogens with zero attached hydrogens (tertiary/aromatic N) is 3. The number of carbonyl (C=O) groups is 1. The van der Waals surface area contributed by atoms with E-state index in [0.717, 1.165) is 19.4 Å². The topological polar surface area (TPSA) is 86.2 Å². The predicted molar refractivity (Wildman–Crippen MR) is 101 cm³/mol. The molecule has 0 aliphatic rings. The van der Waals surface area contributed by atoms with Gasteiger partial charge >= 0.3 is 5.97 Å². The van der Waals surface area contributed by atoms with Gasteiger partial charge in [-0.05, 0) is 32.4 Å². The molecule has 0 bridgehead atoms. The summed E-state index contributed by atoms with van der Waals surface area (Å²) in [5, 5.41) is 3.27. The van der Waals surface area contributed by atoms with Gasteiger partial charge in [0.1, 0.15) is 12.4 Å². The SMILES string of the molecule is C.CCCCNc1nc(C)ncc1OCc1cc(C(=O)OCC)ccn1. The fourth-order valence-corrected chi connectivity index (χ4v) is 2.12. The van der Waals surface area contributed by atoms with E-state index in [2.05, 4.69) is 27.2 Å². The van der Waals surface area contributed by atoms with Crippen molar-refractivity contribution in [3.8, 4) is 5.75 Å². The van der Waals surface area contributed by atoms with Crippen molar-refractivity contribution in [2.75, 3.05) is 18.5 Å². The number of aryl methyl sites for hydroxylation is 1. The number of hydrogen-bond acceptors (Lipinski definition) is 7. The number of nitrogens with one attached hydrogen (secondary N) is 1. The molecule has 2 heterocycles. The molecule has 26 heavy (non-hydrogen) atoms. The summed E-state index contributed by atoms with van der Waals surface area (Å²) >= 11 is 0. The van der Waals surface area contributed by atoms with Crippen LogP contribution in [-0.4, -0.2) is 34.1 Å². The van der Waals surface area contributed by atoms with Crippen LogP contribution in [0.3, 0.4) is 0 Å². The van der Waals surface area contributed by atoms with Crippen molar-refractivity contribution < 1.29 is 14.3 Å². The number of rotatable bonds is 9. The molecule has 0 unspecified atom stereocenters. The monoisotopic (exact) mass is 360 g/mol. The van der Waals surface area contributed by atoms with E-state index in [-0.39, 0.29) is 20.0 Å². The number of anilines is 1. The van der Waals surface area contributed by atoms with Crippen LogP contribution in [-0.2, 0) is 11.3 Å². The lowest BCUT2D eigenvalue weighted by Gasteiger charge is -2.12. The van der Waals surface area contributed by atoms with Crippen molar-refractivity contribution in [3.05, 3.63) is 41.6 Å². The highest BCUT2D eigenvalue weighted by molar-refractivity contribution is 5.89. The zero-order chi connectivity index (χ0) is 18.1. The summed E-state index contributed by atoms with van der Waals surface area (Å²) in [4.78, 5) is 24.6. The van der Waals surface area contributed by atoms with Crippen molar-refractivity contribution in [1.82, 2.24) is 15.0 Å². The van der Waals surface area contributed by atoms with Gasteiger partial charge in [-0.15, -0.1) is 0 Å². The average Bonchev–Trinajstić information content (AvgIpc) is 2.62. The van der Waals surface area contributed by atoms with Crippen LogP contribution < -0.4 is 10.1 Å². The minimum Gasteiger partial charge on any atom is -0.482 e. The number of hydrogen-bond donors (Lipinski definition) is 1. The summed E-state index contributed by atoms with van der Waals surface area (Å²) in [6.45, 7) is 7.10. The number of unbranched alkanes of at least 4 members (excludes halogenated alkanes) is 1. The number of pyridine rings is 1. The molecular formula is C19H28N4O3. The summed E-state index contributed by atoms with van der Waals surface area (Å²) in [5.41, 5.74) is 1.09. The largest absolute Gasteiger partial charge is 0.482 e. The first-order chi connectivity index (χ1) is 12.1. The Bertz CT molecular complexity index is 707. The van der Waals surface area contributed by atoms with Crippen molar-refractivity contribution in [1.29, 1.82) is 0 Å². The van der Waals surface area contributed by atoms with Gasteiger partial charge in [-0.2, -0.15) is 0 Å². The summed E-state index contributed by atoms with van der Waals surface area (Å²) in [6.07, 6.45) is 5.35. The second-order valence-corrected chi connectivity index (χ2v) is 5.46. The maximum atomic E-state index is 11.8. The lowest BCUT2D eigenvalue weighted by atomic mass is 10.2. The van der Waals surface area contributed by atoms with Crippen LogP contribution in [0.15, 0.2) is 24.5 Å². The van der Waals surface area contributed by atoms with Crippen molar-refractivity contribution >= 4 is 11.8 Å². The molecule has 0 amide bonds. The van der Waals surface area contributed by atoms with Gasteiger partial charge in [-0.1, -0.05) is 20.8 Å². The quantitative estimate of drug-likeness (QED) is 0.538. The summed E-state index contributed by atoms with van der Waals surface area (Å²) < 4.78 is 10.8. The second-order valence-electron chi connectivity index (χ2n) is 5.46. The number of aromatic nitrogens is 3. The Morgan fingerprint density at radius 3 is 2.81 bits per heavy atom. The Kier molecular flexibility index (Phi) is 9.05. The van der Waals surface area contributed by atoms with Crippen LogP contribution in [0, 0.1) is 6.92 Å². The Morgan fingerprint density at radius 1 is 1.27 bits per heavy atom. The van der Waals surface area contributed by atoms with E-state index in [1.165, 1.54) is 0 Å². The molecule has 0 saturated carbocycles. The predicted octanol–water partition coefficient (Wildman–Crippen LogP) is 3.78. The van der Waals surface area contributed by atoms with Gasteiger partial charge in [0.25, 0.3) is 0 Å². The highest BCUT2D eigenvalue weighted by Crippen LogP contribution is 2.22. The van der Waals surface area contributed by atoms with Gasteiger partial charge in [0.2, 0.25) is 0 Å². The molecule has 0 aliphatic carbocycles. The van der Waals surface area contributed by atoms with Gasteiger partial charge in [0, 0.05) is 12.7 Å². The van der Waals surface area contributed by atoms with Gasteiger partial charge in [-0.3, -0.25) is 4.98 Å². The molecule has 0 atom stereocenters. The van der Waals surface area contributed by atoms with Crippen molar-refractivity contribution in [3.63, 3.8) is 0 Å². The van der Waals surface area contributed by atoms with Crippen LogP contribution in [0.1, 0.15) is 56.0 Å². The summed E-state index contributed by atoms with van der Waals surface area (Å²) in [5.74, 6) is 1.54. The summed E-state index contributed by atoms with van der Waals surface area (Å²) in [7, 11) is 0. The smallest absolute Gasteiger partial charge is 0.338 e. The zero-order valence-electron chi connectivity index (χ0n) is 14.9. The van der Waals surface area contributed by atoms with Crippen LogP contribution >= 0.6 is 0 Å². The molecule has 0 aromatic carbocycles. The fraction of sp³-hybridized carbons (Fsp3) is 0.474. The number of esters is 1. The molecule has 0 aliphatic heterocycles. The Labute approximate surface area is 155 Å². The van der Waals surface area contributed by atoms with Gasteiger partial charge < -0.3 is 14.8 Å². The van der Waals surface area contributed by atoms with Crippen LogP contribution in [0.25, 0.3) is 0 Å².